The Kier molecular flexibility index (Phi) is 3.39. The average molecular weight is 318 g/mol. The summed E-state index contributed by atoms with van der Waals surface area (Å²) < 4.78 is 3.32. The zero-order chi connectivity index (χ0) is 12.0. The van der Waals surface area contributed by atoms with E-state index >= 15 is 0 Å². The Morgan fingerprint density at radius 1 is 0.875 bits per heavy atom. The van der Waals surface area contributed by atoms with Crippen LogP contribution in [-0.2, 0) is 7.05 Å². The first-order valence-electron chi connectivity index (χ1n) is 4.16. The van der Waals surface area contributed by atoms with Gasteiger partial charge in [-0.05, 0) is 0 Å². The fourth-order valence-corrected chi connectivity index (χ4v) is 2.52. The maximum atomic E-state index is 6.06. The van der Waals surface area contributed by atoms with E-state index in [2.05, 4.69) is 0 Å². The van der Waals surface area contributed by atoms with Crippen molar-refractivity contribution in [3.05, 3.63) is 37.6 Å². The monoisotopic (exact) mass is 316 g/mol. The molecule has 2 nitrogen and oxygen atoms in total. The Balaban J connectivity index is 2.72. The van der Waals surface area contributed by atoms with Gasteiger partial charge in [-0.3, -0.25) is 4.57 Å². The molecule has 2 aromatic rings. The second-order valence-corrected chi connectivity index (χ2v) is 5.11. The predicted octanol–water partition coefficient (Wildman–Crippen LogP) is 5.08. The topological polar surface area (TPSA) is 9.86 Å². The van der Waals surface area contributed by atoms with Crippen molar-refractivity contribution in [2.24, 2.45) is 7.05 Å². The van der Waals surface area contributed by atoms with Crippen LogP contribution in [0.15, 0.2) is 12.4 Å². The van der Waals surface area contributed by atoms with Crippen molar-refractivity contribution >= 4 is 58.0 Å². The van der Waals surface area contributed by atoms with Crippen LogP contribution in [0.3, 0.4) is 0 Å². The third kappa shape index (κ3) is 1.83. The number of halogens is 5. The summed E-state index contributed by atoms with van der Waals surface area (Å²) in [7, 11) is 1.80. The molecule has 0 aliphatic heterocycles. The molecule has 16 heavy (non-hydrogen) atoms. The first kappa shape index (κ1) is 12.5. The smallest absolute Gasteiger partial charge is 0.138 e. The molecule has 86 valence electrons. The molecule has 0 amide bonds. The quantitative estimate of drug-likeness (QED) is 0.694. The van der Waals surface area contributed by atoms with E-state index in [9.17, 15) is 0 Å². The third-order valence-electron chi connectivity index (χ3n) is 2.12. The minimum Gasteiger partial charge on any atom is -0.334 e. The highest BCUT2D eigenvalue weighted by Crippen LogP contribution is 2.38. The van der Waals surface area contributed by atoms with E-state index in [0.29, 0.717) is 26.0 Å². The molecule has 2 aromatic heterocycles. The van der Waals surface area contributed by atoms with Crippen LogP contribution in [0.1, 0.15) is 0 Å². The van der Waals surface area contributed by atoms with Crippen molar-refractivity contribution < 1.29 is 0 Å². The lowest BCUT2D eigenvalue weighted by molar-refractivity contribution is 0.848. The molecule has 0 atom stereocenters. The highest BCUT2D eigenvalue weighted by Gasteiger charge is 2.18. The lowest BCUT2D eigenvalue weighted by Gasteiger charge is -2.06. The van der Waals surface area contributed by atoms with Crippen LogP contribution in [0.25, 0.3) is 5.82 Å². The fraction of sp³-hybridized carbons (Fsp3) is 0.111. The maximum Gasteiger partial charge on any atom is 0.138 e. The molecule has 0 spiro atoms. The van der Waals surface area contributed by atoms with Gasteiger partial charge in [0.2, 0.25) is 0 Å². The number of hydrogen-bond acceptors (Lipinski definition) is 0. The highest BCUT2D eigenvalue weighted by atomic mass is 35.5. The lowest BCUT2D eigenvalue weighted by Crippen LogP contribution is -2.00. The molecule has 0 N–H and O–H groups in total. The van der Waals surface area contributed by atoms with Gasteiger partial charge in [0.15, 0.2) is 0 Å². The van der Waals surface area contributed by atoms with Crippen LogP contribution in [-0.4, -0.2) is 9.13 Å². The standard InChI is InChI=1S/C9H5Cl5N2/c1-15-2-4(10)7(13)9(15)16-3-5(11)6(12)8(16)14/h2-3H,1H3. The molecule has 0 saturated heterocycles. The van der Waals surface area contributed by atoms with E-state index in [4.69, 9.17) is 58.0 Å². The molecular weight excluding hydrogens is 313 g/mol. The van der Waals surface area contributed by atoms with Crippen molar-refractivity contribution in [3.8, 4) is 5.82 Å². The summed E-state index contributed by atoms with van der Waals surface area (Å²) in [5.74, 6) is 0.616. The second kappa shape index (κ2) is 4.35. The molecule has 2 heterocycles. The number of hydrogen-bond donors (Lipinski definition) is 0. The summed E-state index contributed by atoms with van der Waals surface area (Å²) in [6.45, 7) is 0. The van der Waals surface area contributed by atoms with Gasteiger partial charge in [0.1, 0.15) is 16.0 Å². The van der Waals surface area contributed by atoms with E-state index in [1.807, 2.05) is 0 Å². The number of aromatic nitrogens is 2. The molecule has 0 saturated carbocycles. The summed E-state index contributed by atoms with van der Waals surface area (Å²) in [6, 6.07) is 0. The summed E-state index contributed by atoms with van der Waals surface area (Å²) in [5, 5.41) is 1.79. The van der Waals surface area contributed by atoms with Gasteiger partial charge in [-0.1, -0.05) is 58.0 Å². The lowest BCUT2D eigenvalue weighted by atomic mass is 10.6. The molecule has 0 bridgehead atoms. The van der Waals surface area contributed by atoms with Crippen molar-refractivity contribution in [2.75, 3.05) is 0 Å². The Bertz CT molecular complexity index is 555. The Hall–Kier alpha value is 0.01000. The Labute approximate surface area is 117 Å². The second-order valence-electron chi connectivity index (χ2n) is 3.18. The maximum absolute atomic E-state index is 6.06. The predicted molar refractivity (Wildman–Crippen MR) is 69.8 cm³/mol. The third-order valence-corrected chi connectivity index (χ3v) is 4.11. The van der Waals surface area contributed by atoms with Gasteiger partial charge in [-0.25, -0.2) is 0 Å². The molecule has 0 aliphatic carbocycles. The fourth-order valence-electron chi connectivity index (χ4n) is 1.41. The largest absolute Gasteiger partial charge is 0.334 e. The summed E-state index contributed by atoms with van der Waals surface area (Å²) in [5.41, 5.74) is 0. The molecule has 2 rings (SSSR count). The van der Waals surface area contributed by atoms with Crippen molar-refractivity contribution in [1.82, 2.24) is 9.13 Å². The van der Waals surface area contributed by atoms with Crippen LogP contribution in [0.5, 0.6) is 0 Å². The minimum absolute atomic E-state index is 0.289. The molecule has 7 heteroatoms. The van der Waals surface area contributed by atoms with Gasteiger partial charge in [-0.2, -0.15) is 0 Å². The van der Waals surface area contributed by atoms with Gasteiger partial charge in [0, 0.05) is 19.4 Å². The Morgan fingerprint density at radius 2 is 1.44 bits per heavy atom. The first-order chi connectivity index (χ1) is 7.43. The van der Waals surface area contributed by atoms with Crippen LogP contribution >= 0.6 is 58.0 Å². The Morgan fingerprint density at radius 3 is 1.81 bits per heavy atom. The van der Waals surface area contributed by atoms with Crippen LogP contribution < -0.4 is 0 Å². The van der Waals surface area contributed by atoms with Gasteiger partial charge >= 0.3 is 0 Å². The van der Waals surface area contributed by atoms with Crippen LogP contribution in [0, 0.1) is 0 Å². The molecular formula is C9H5Cl5N2. The van der Waals surface area contributed by atoms with E-state index in [1.165, 1.54) is 0 Å². The van der Waals surface area contributed by atoms with Gasteiger partial charge in [-0.15, -0.1) is 0 Å². The van der Waals surface area contributed by atoms with Gasteiger partial charge in [0.05, 0.1) is 15.1 Å². The van der Waals surface area contributed by atoms with Crippen molar-refractivity contribution in [1.29, 1.82) is 0 Å². The summed E-state index contributed by atoms with van der Waals surface area (Å²) in [4.78, 5) is 0. The highest BCUT2D eigenvalue weighted by molar-refractivity contribution is 6.48. The molecule has 0 fully saturated rings. The van der Waals surface area contributed by atoms with Crippen molar-refractivity contribution in [3.63, 3.8) is 0 Å². The van der Waals surface area contributed by atoms with E-state index in [0.717, 1.165) is 0 Å². The van der Waals surface area contributed by atoms with E-state index in [1.54, 1.807) is 28.6 Å². The summed E-state index contributed by atoms with van der Waals surface area (Å²) in [6.07, 6.45) is 3.27. The van der Waals surface area contributed by atoms with E-state index in [-0.39, 0.29) is 5.02 Å². The van der Waals surface area contributed by atoms with Gasteiger partial charge < -0.3 is 4.57 Å². The van der Waals surface area contributed by atoms with Crippen LogP contribution in [0.4, 0.5) is 0 Å². The van der Waals surface area contributed by atoms with E-state index < -0.39 is 0 Å². The molecule has 0 radical (unpaired) electrons. The van der Waals surface area contributed by atoms with Crippen LogP contribution in [0.2, 0.25) is 25.2 Å². The average Bonchev–Trinajstić information content (AvgIpc) is 2.60. The minimum atomic E-state index is 0.289. The molecule has 0 aliphatic rings. The molecule has 0 unspecified atom stereocenters. The normalized spacial score (nSPS) is 11.1. The zero-order valence-electron chi connectivity index (χ0n) is 7.94. The zero-order valence-corrected chi connectivity index (χ0v) is 11.7. The SMILES string of the molecule is Cn1cc(Cl)c(Cl)c1-n1cc(Cl)c(Cl)c1Cl. The number of rotatable bonds is 1. The molecule has 0 aromatic carbocycles. The summed E-state index contributed by atoms with van der Waals surface area (Å²) >= 11 is 29.8. The van der Waals surface area contributed by atoms with Gasteiger partial charge in [0.25, 0.3) is 0 Å². The number of aryl methyl sites for hydroxylation is 1. The first-order valence-corrected chi connectivity index (χ1v) is 6.05. The number of nitrogens with zero attached hydrogens (tertiary/aromatic N) is 2. The van der Waals surface area contributed by atoms with Crippen molar-refractivity contribution in [2.45, 2.75) is 0 Å².